The van der Waals surface area contributed by atoms with Gasteiger partial charge in [-0.05, 0) is 57.8 Å². The standard InChI is InChI=1S/C60H110O6/c1-4-7-10-13-16-18-20-21-22-23-24-25-26-27-28-29-30-31-32-33-34-35-36-37-38-39-40-42-44-47-50-53-59(62)65-56-57(55-64-58(61)52-49-46-43-15-12-9-6-3)66-60(63)54-51-48-45-41-19-17-14-11-8-5-2/h20-21,23-24,26-27,57H,4-19,22,25,28-56H2,1-3H3/b21-20-,24-23-,27-26-. The average Bonchev–Trinajstić information content (AvgIpc) is 3.31. The number of carbonyl (C=O) groups is 3. The molecule has 1 atom stereocenters. The number of hydrogen-bond acceptors (Lipinski definition) is 6. The van der Waals surface area contributed by atoms with Gasteiger partial charge >= 0.3 is 17.9 Å². The molecule has 0 aliphatic heterocycles. The second-order valence-electron chi connectivity index (χ2n) is 19.6. The summed E-state index contributed by atoms with van der Waals surface area (Å²) >= 11 is 0. The Labute approximate surface area is 410 Å². The lowest BCUT2D eigenvalue weighted by Gasteiger charge is -2.18. The molecular weight excluding hydrogens is 817 g/mol. The molecule has 0 aliphatic rings. The van der Waals surface area contributed by atoms with Crippen LogP contribution in [0.2, 0.25) is 0 Å². The fourth-order valence-electron chi connectivity index (χ4n) is 8.51. The zero-order valence-electron chi connectivity index (χ0n) is 44.2. The topological polar surface area (TPSA) is 78.9 Å². The molecule has 0 spiro atoms. The number of esters is 3. The van der Waals surface area contributed by atoms with Crippen LogP contribution in [0.3, 0.4) is 0 Å². The first-order chi connectivity index (χ1) is 32.5. The van der Waals surface area contributed by atoms with Gasteiger partial charge in [0, 0.05) is 19.3 Å². The molecule has 0 aliphatic carbocycles. The van der Waals surface area contributed by atoms with E-state index in [1.807, 2.05) is 0 Å². The molecule has 0 saturated carbocycles. The van der Waals surface area contributed by atoms with Gasteiger partial charge in [-0.25, -0.2) is 0 Å². The van der Waals surface area contributed by atoms with Gasteiger partial charge in [-0.1, -0.05) is 269 Å². The lowest BCUT2D eigenvalue weighted by Crippen LogP contribution is -2.30. The first-order valence-corrected chi connectivity index (χ1v) is 29.0. The molecule has 0 N–H and O–H groups in total. The lowest BCUT2D eigenvalue weighted by atomic mass is 10.0. The van der Waals surface area contributed by atoms with Crippen molar-refractivity contribution < 1.29 is 28.6 Å². The van der Waals surface area contributed by atoms with Crippen LogP contribution in [0.1, 0.15) is 310 Å². The summed E-state index contributed by atoms with van der Waals surface area (Å²) < 4.78 is 16.7. The van der Waals surface area contributed by atoms with E-state index < -0.39 is 6.10 Å². The zero-order chi connectivity index (χ0) is 47.9. The summed E-state index contributed by atoms with van der Waals surface area (Å²) in [6, 6.07) is 0. The Morgan fingerprint density at radius 2 is 0.545 bits per heavy atom. The number of allylic oxidation sites excluding steroid dienone is 6. The van der Waals surface area contributed by atoms with Crippen LogP contribution in [0.25, 0.3) is 0 Å². The Balaban J connectivity index is 3.94. The third kappa shape index (κ3) is 52.6. The number of carbonyl (C=O) groups excluding carboxylic acids is 3. The number of hydrogen-bond donors (Lipinski definition) is 0. The maximum Gasteiger partial charge on any atom is 0.306 e. The van der Waals surface area contributed by atoms with Gasteiger partial charge in [0.2, 0.25) is 0 Å². The highest BCUT2D eigenvalue weighted by Gasteiger charge is 2.19. The predicted octanol–water partition coefficient (Wildman–Crippen LogP) is 19.3. The molecule has 0 fully saturated rings. The van der Waals surface area contributed by atoms with Crippen molar-refractivity contribution in [3.05, 3.63) is 36.5 Å². The lowest BCUT2D eigenvalue weighted by molar-refractivity contribution is -0.167. The normalized spacial score (nSPS) is 12.2. The van der Waals surface area contributed by atoms with Crippen molar-refractivity contribution in [1.82, 2.24) is 0 Å². The van der Waals surface area contributed by atoms with Gasteiger partial charge in [0.15, 0.2) is 6.10 Å². The van der Waals surface area contributed by atoms with Crippen LogP contribution in [0, 0.1) is 0 Å². The van der Waals surface area contributed by atoms with E-state index in [2.05, 4.69) is 57.2 Å². The summed E-state index contributed by atoms with van der Waals surface area (Å²) in [7, 11) is 0. The Bertz CT molecular complexity index is 1110. The van der Waals surface area contributed by atoms with Crippen LogP contribution in [-0.2, 0) is 28.6 Å². The molecule has 1 unspecified atom stereocenters. The van der Waals surface area contributed by atoms with Gasteiger partial charge in [0.25, 0.3) is 0 Å². The minimum absolute atomic E-state index is 0.0673. The van der Waals surface area contributed by atoms with E-state index in [1.54, 1.807) is 0 Å². The number of rotatable bonds is 53. The second kappa shape index (κ2) is 55.2. The largest absolute Gasteiger partial charge is 0.462 e. The molecule has 0 aromatic carbocycles. The molecule has 6 nitrogen and oxygen atoms in total. The highest BCUT2D eigenvalue weighted by atomic mass is 16.6. The third-order valence-corrected chi connectivity index (χ3v) is 12.9. The Hall–Kier alpha value is -2.37. The first-order valence-electron chi connectivity index (χ1n) is 29.0. The Kier molecular flexibility index (Phi) is 53.2. The monoisotopic (exact) mass is 927 g/mol. The molecule has 0 saturated heterocycles. The van der Waals surface area contributed by atoms with E-state index in [-0.39, 0.29) is 31.1 Å². The Morgan fingerprint density at radius 3 is 0.848 bits per heavy atom. The molecule has 6 heteroatoms. The molecule has 0 radical (unpaired) electrons. The summed E-state index contributed by atoms with van der Waals surface area (Å²) in [5.74, 6) is -0.863. The fourth-order valence-corrected chi connectivity index (χ4v) is 8.51. The van der Waals surface area contributed by atoms with Crippen molar-refractivity contribution in [2.24, 2.45) is 0 Å². The van der Waals surface area contributed by atoms with Crippen LogP contribution in [-0.4, -0.2) is 37.2 Å². The van der Waals surface area contributed by atoms with Crippen LogP contribution >= 0.6 is 0 Å². The van der Waals surface area contributed by atoms with Crippen molar-refractivity contribution in [1.29, 1.82) is 0 Å². The van der Waals surface area contributed by atoms with Crippen LogP contribution < -0.4 is 0 Å². The minimum Gasteiger partial charge on any atom is -0.462 e. The van der Waals surface area contributed by atoms with Crippen molar-refractivity contribution in [2.45, 2.75) is 316 Å². The molecule has 0 aromatic heterocycles. The van der Waals surface area contributed by atoms with Gasteiger partial charge in [-0.2, -0.15) is 0 Å². The van der Waals surface area contributed by atoms with Gasteiger partial charge in [0.1, 0.15) is 13.2 Å². The number of unbranched alkanes of at least 4 members (excludes halogenated alkanes) is 36. The number of ether oxygens (including phenoxy) is 3. The molecule has 0 aromatic rings. The highest BCUT2D eigenvalue weighted by Crippen LogP contribution is 2.17. The van der Waals surface area contributed by atoms with Crippen LogP contribution in [0.15, 0.2) is 36.5 Å². The maximum atomic E-state index is 12.7. The predicted molar refractivity (Wildman–Crippen MR) is 284 cm³/mol. The van der Waals surface area contributed by atoms with Gasteiger partial charge < -0.3 is 14.2 Å². The summed E-state index contributed by atoms with van der Waals surface area (Å²) in [4.78, 5) is 37.8. The molecular formula is C60H110O6. The molecule has 0 rings (SSSR count). The van der Waals surface area contributed by atoms with Gasteiger partial charge in [0.05, 0.1) is 0 Å². The van der Waals surface area contributed by atoms with Gasteiger partial charge in [-0.15, -0.1) is 0 Å². The Morgan fingerprint density at radius 1 is 0.303 bits per heavy atom. The van der Waals surface area contributed by atoms with E-state index in [9.17, 15) is 14.4 Å². The van der Waals surface area contributed by atoms with Crippen molar-refractivity contribution in [3.8, 4) is 0 Å². The average molecular weight is 928 g/mol. The third-order valence-electron chi connectivity index (χ3n) is 12.9. The maximum absolute atomic E-state index is 12.7. The zero-order valence-corrected chi connectivity index (χ0v) is 44.2. The molecule has 386 valence electrons. The van der Waals surface area contributed by atoms with E-state index >= 15 is 0 Å². The SMILES string of the molecule is CCCCCCC/C=C\C/C=C\C/C=C\CCCCCCCCCCCCCCCCCCC(=O)OCC(COC(=O)CCCCCCCCC)OC(=O)CCCCCCCCCCCC. The second-order valence-corrected chi connectivity index (χ2v) is 19.6. The van der Waals surface area contributed by atoms with Crippen molar-refractivity contribution in [3.63, 3.8) is 0 Å². The first kappa shape index (κ1) is 63.6. The molecule has 0 heterocycles. The van der Waals surface area contributed by atoms with Crippen molar-refractivity contribution in [2.75, 3.05) is 13.2 Å². The minimum atomic E-state index is -0.763. The summed E-state index contributed by atoms with van der Waals surface area (Å²) in [6.45, 7) is 6.60. The van der Waals surface area contributed by atoms with Crippen LogP contribution in [0.5, 0.6) is 0 Å². The van der Waals surface area contributed by atoms with E-state index in [0.717, 1.165) is 70.6 Å². The van der Waals surface area contributed by atoms with Crippen molar-refractivity contribution >= 4 is 17.9 Å². The highest BCUT2D eigenvalue weighted by molar-refractivity contribution is 5.71. The summed E-state index contributed by atoms with van der Waals surface area (Å²) in [6.07, 6.45) is 66.1. The molecule has 66 heavy (non-hydrogen) atoms. The van der Waals surface area contributed by atoms with E-state index in [0.29, 0.717) is 19.3 Å². The van der Waals surface area contributed by atoms with E-state index in [4.69, 9.17) is 14.2 Å². The smallest absolute Gasteiger partial charge is 0.306 e. The van der Waals surface area contributed by atoms with E-state index in [1.165, 1.54) is 199 Å². The molecule has 0 bridgehead atoms. The summed E-state index contributed by atoms with van der Waals surface area (Å²) in [5.41, 5.74) is 0. The summed E-state index contributed by atoms with van der Waals surface area (Å²) in [5, 5.41) is 0. The van der Waals surface area contributed by atoms with Crippen LogP contribution in [0.4, 0.5) is 0 Å². The van der Waals surface area contributed by atoms with Gasteiger partial charge in [-0.3, -0.25) is 14.4 Å². The quantitative estimate of drug-likeness (QED) is 0.0262. The fraction of sp³-hybridized carbons (Fsp3) is 0.850. The molecule has 0 amide bonds.